The zero-order valence-corrected chi connectivity index (χ0v) is 24.4. The number of piperidine rings is 3. The highest BCUT2D eigenvalue weighted by Crippen LogP contribution is 2.47. The second kappa shape index (κ2) is 10.1. The van der Waals surface area contributed by atoms with E-state index in [9.17, 15) is 13.9 Å². The van der Waals surface area contributed by atoms with Crippen molar-refractivity contribution in [2.45, 2.75) is 55.7 Å². The van der Waals surface area contributed by atoms with Gasteiger partial charge in [0.1, 0.15) is 29.9 Å². The Bertz CT molecular complexity index is 1850. The summed E-state index contributed by atoms with van der Waals surface area (Å²) in [6.45, 7) is 4.34. The van der Waals surface area contributed by atoms with Crippen LogP contribution < -0.4 is 4.74 Å². The molecule has 1 N–H and O–H groups in total. The summed E-state index contributed by atoms with van der Waals surface area (Å²) >= 11 is 0. The van der Waals surface area contributed by atoms with E-state index in [0.29, 0.717) is 29.1 Å². The van der Waals surface area contributed by atoms with Crippen LogP contribution >= 0.6 is 0 Å². The summed E-state index contributed by atoms with van der Waals surface area (Å²) in [5, 5.41) is 12.0. The maximum absolute atomic E-state index is 16.9. The molecule has 226 valence electrons. The van der Waals surface area contributed by atoms with Gasteiger partial charge < -0.3 is 14.7 Å². The maximum Gasteiger partial charge on any atom is 0.317 e. The molecule has 5 fully saturated rings. The molecule has 0 saturated carbocycles. The Labute approximate surface area is 253 Å². The van der Waals surface area contributed by atoms with E-state index in [4.69, 9.17) is 16.1 Å². The lowest BCUT2D eigenvalue weighted by Gasteiger charge is -2.48. The number of terminal acetylenes is 1. The Kier molecular flexibility index (Phi) is 6.34. The van der Waals surface area contributed by atoms with Gasteiger partial charge in [-0.2, -0.15) is 9.97 Å². The summed E-state index contributed by atoms with van der Waals surface area (Å²) in [5.41, 5.74) is 0.685. The Hall–Kier alpha value is -3.87. The van der Waals surface area contributed by atoms with Gasteiger partial charge in [-0.25, -0.2) is 13.2 Å². The molecule has 5 saturated heterocycles. The first-order chi connectivity index (χ1) is 21.3. The van der Waals surface area contributed by atoms with Gasteiger partial charge in [0.2, 0.25) is 0 Å². The van der Waals surface area contributed by atoms with Crippen LogP contribution in [0.3, 0.4) is 0 Å². The van der Waals surface area contributed by atoms with Crippen molar-refractivity contribution in [2.75, 3.05) is 39.3 Å². The maximum atomic E-state index is 16.9. The number of alkyl halides is 1. The SMILES string of the molecule is C#Cc1c(F)ccc2cc(O)cc(-c3ccc4c(C56CCN(CC5)CC6)nc(OC[C@@]56CCCN5C[C@H](F)C6)nc4c3F)c12. The van der Waals surface area contributed by atoms with Crippen LogP contribution in [0.4, 0.5) is 13.2 Å². The van der Waals surface area contributed by atoms with Gasteiger partial charge in [-0.05, 0) is 87.4 Å². The molecule has 0 amide bonds. The van der Waals surface area contributed by atoms with Gasteiger partial charge in [-0.1, -0.05) is 24.1 Å². The number of rotatable bonds is 5. The van der Waals surface area contributed by atoms with Gasteiger partial charge in [0, 0.05) is 34.7 Å². The highest BCUT2D eigenvalue weighted by Gasteiger charge is 2.50. The number of aromatic hydroxyl groups is 1. The number of ether oxygens (including phenoxy) is 1. The third-order valence-corrected chi connectivity index (χ3v) is 10.7. The van der Waals surface area contributed by atoms with Crippen LogP contribution in [0.15, 0.2) is 36.4 Å². The van der Waals surface area contributed by atoms with Gasteiger partial charge in [0.15, 0.2) is 5.82 Å². The molecule has 1 aromatic heterocycles. The number of halogens is 3. The highest BCUT2D eigenvalue weighted by molar-refractivity contribution is 6.03. The van der Waals surface area contributed by atoms with E-state index in [-0.39, 0.29) is 46.0 Å². The lowest BCUT2D eigenvalue weighted by molar-refractivity contribution is 0.0781. The van der Waals surface area contributed by atoms with E-state index in [2.05, 4.69) is 20.7 Å². The number of fused-ring (bicyclic) bond motifs is 6. The Balaban J connectivity index is 1.30. The van der Waals surface area contributed by atoms with Gasteiger partial charge in [0.05, 0.1) is 16.8 Å². The monoisotopic (exact) mass is 598 g/mol. The highest BCUT2D eigenvalue weighted by atomic mass is 19.1. The fraction of sp³-hybridized carbons (Fsp3) is 0.429. The van der Waals surface area contributed by atoms with E-state index in [1.165, 1.54) is 24.3 Å². The van der Waals surface area contributed by atoms with E-state index < -0.39 is 23.3 Å². The number of aromatic nitrogens is 2. The zero-order chi connectivity index (χ0) is 30.2. The molecule has 5 aliphatic rings. The van der Waals surface area contributed by atoms with Crippen LogP contribution in [0.5, 0.6) is 11.8 Å². The standard InChI is InChI=1S/C35H33F3N4O2/c1-2-24-28(37)7-4-21-16-23(43)17-27(29(21)24)25-5-6-26-31(30(25)38)39-33(40-32(26)34-9-13-41(14-10-34)15-11-34)44-20-35-8-3-12-42(35)19-22(36)18-35/h1,4-7,16-17,22,43H,3,8-15,18-20H2/t22-,35+/m1/s1. The first-order valence-electron chi connectivity index (χ1n) is 15.5. The third-order valence-electron chi connectivity index (χ3n) is 10.7. The smallest absolute Gasteiger partial charge is 0.317 e. The predicted molar refractivity (Wildman–Crippen MR) is 163 cm³/mol. The number of benzene rings is 3. The van der Waals surface area contributed by atoms with Crippen molar-refractivity contribution in [3.05, 3.63) is 59.3 Å². The predicted octanol–water partition coefficient (Wildman–Crippen LogP) is 6.11. The average molecular weight is 599 g/mol. The molecule has 9 rings (SSSR count). The summed E-state index contributed by atoms with van der Waals surface area (Å²) in [7, 11) is 0. The first-order valence-corrected chi connectivity index (χ1v) is 15.5. The lowest BCUT2D eigenvalue weighted by atomic mass is 9.69. The summed E-state index contributed by atoms with van der Waals surface area (Å²) in [4.78, 5) is 14.2. The van der Waals surface area contributed by atoms with Crippen molar-refractivity contribution < 1.29 is 23.0 Å². The molecular formula is C35H33F3N4O2. The minimum Gasteiger partial charge on any atom is -0.508 e. The molecule has 6 nitrogen and oxygen atoms in total. The van der Waals surface area contributed by atoms with E-state index in [1.807, 2.05) is 6.07 Å². The molecule has 0 unspecified atom stereocenters. The van der Waals surface area contributed by atoms with Crippen LogP contribution in [0.1, 0.15) is 49.8 Å². The van der Waals surface area contributed by atoms with E-state index in [1.54, 1.807) is 6.07 Å². The number of phenols is 1. The van der Waals surface area contributed by atoms with Crippen molar-refractivity contribution in [1.82, 2.24) is 19.8 Å². The Morgan fingerprint density at radius 2 is 1.80 bits per heavy atom. The summed E-state index contributed by atoms with van der Waals surface area (Å²) in [6, 6.07) is 9.22. The number of hydrogen-bond acceptors (Lipinski definition) is 6. The number of nitrogens with zero attached hydrogens (tertiary/aromatic N) is 4. The van der Waals surface area contributed by atoms with Crippen molar-refractivity contribution in [3.8, 4) is 35.2 Å². The summed E-state index contributed by atoms with van der Waals surface area (Å²) in [6.07, 6.45) is 9.76. The normalized spacial score (nSPS) is 28.0. The van der Waals surface area contributed by atoms with Crippen LogP contribution in [0, 0.1) is 24.0 Å². The molecule has 0 radical (unpaired) electrons. The van der Waals surface area contributed by atoms with Crippen LogP contribution in [-0.4, -0.2) is 75.9 Å². The molecule has 4 aromatic rings. The third kappa shape index (κ3) is 4.18. The second-order valence-corrected chi connectivity index (χ2v) is 13.1. The molecule has 44 heavy (non-hydrogen) atoms. The second-order valence-electron chi connectivity index (χ2n) is 13.1. The first kappa shape index (κ1) is 27.7. The lowest BCUT2D eigenvalue weighted by Crippen LogP contribution is -2.51. The molecule has 6 heterocycles. The van der Waals surface area contributed by atoms with Crippen LogP contribution in [0.2, 0.25) is 0 Å². The largest absolute Gasteiger partial charge is 0.508 e. The van der Waals surface area contributed by atoms with Crippen molar-refractivity contribution in [1.29, 1.82) is 0 Å². The molecule has 2 bridgehead atoms. The number of hydrogen-bond donors (Lipinski definition) is 1. The fourth-order valence-corrected chi connectivity index (χ4v) is 8.43. The topological polar surface area (TPSA) is 61.7 Å². The molecule has 3 aromatic carbocycles. The van der Waals surface area contributed by atoms with Crippen LogP contribution in [-0.2, 0) is 5.41 Å². The zero-order valence-electron chi connectivity index (χ0n) is 24.4. The quantitative estimate of drug-likeness (QED) is 0.280. The molecule has 0 spiro atoms. The molecule has 9 heteroatoms. The van der Waals surface area contributed by atoms with Crippen molar-refractivity contribution in [2.24, 2.45) is 0 Å². The van der Waals surface area contributed by atoms with Crippen LogP contribution in [0.25, 0.3) is 32.8 Å². The molecule has 2 atom stereocenters. The summed E-state index contributed by atoms with van der Waals surface area (Å²) < 4.78 is 52.5. The minimum atomic E-state index is -0.895. The molecular weight excluding hydrogens is 565 g/mol. The fourth-order valence-electron chi connectivity index (χ4n) is 8.43. The van der Waals surface area contributed by atoms with Gasteiger partial charge in [-0.15, -0.1) is 6.42 Å². The van der Waals surface area contributed by atoms with Gasteiger partial charge in [-0.3, -0.25) is 4.90 Å². The number of phenolic OH excluding ortho intramolecular Hbond substituents is 1. The van der Waals surface area contributed by atoms with E-state index >= 15 is 4.39 Å². The summed E-state index contributed by atoms with van der Waals surface area (Å²) in [5.74, 6) is 1.10. The van der Waals surface area contributed by atoms with E-state index in [0.717, 1.165) is 64.0 Å². The van der Waals surface area contributed by atoms with Crippen molar-refractivity contribution in [3.63, 3.8) is 0 Å². The Morgan fingerprint density at radius 1 is 1.00 bits per heavy atom. The molecule has 5 aliphatic heterocycles. The van der Waals surface area contributed by atoms with Crippen molar-refractivity contribution >= 4 is 21.7 Å². The average Bonchev–Trinajstić information content (AvgIpc) is 3.56. The van der Waals surface area contributed by atoms with Gasteiger partial charge >= 0.3 is 6.01 Å². The van der Waals surface area contributed by atoms with Gasteiger partial charge in [0.25, 0.3) is 0 Å². The molecule has 0 aliphatic carbocycles. The Morgan fingerprint density at radius 3 is 2.57 bits per heavy atom. The minimum absolute atomic E-state index is 0.000329.